The second kappa shape index (κ2) is 6.58. The van der Waals surface area contributed by atoms with Crippen LogP contribution >= 0.6 is 11.8 Å². The van der Waals surface area contributed by atoms with Gasteiger partial charge in [-0.2, -0.15) is 16.7 Å². The first-order valence-electron chi connectivity index (χ1n) is 7.14. The van der Waals surface area contributed by atoms with Crippen LogP contribution in [0.4, 0.5) is 4.39 Å². The van der Waals surface area contributed by atoms with E-state index < -0.39 is 0 Å². The lowest BCUT2D eigenvalue weighted by molar-refractivity contribution is 0.338. The van der Waals surface area contributed by atoms with Gasteiger partial charge in [-0.3, -0.25) is 0 Å². The molecule has 6 heteroatoms. The molecule has 112 valence electrons. The molecule has 1 aromatic heterocycles. The van der Waals surface area contributed by atoms with Gasteiger partial charge in [-0.15, -0.1) is 0 Å². The maximum absolute atomic E-state index is 12.9. The minimum Gasteiger partial charge on any atom is -0.339 e. The highest BCUT2D eigenvalue weighted by Crippen LogP contribution is 2.32. The zero-order chi connectivity index (χ0) is 14.7. The summed E-state index contributed by atoms with van der Waals surface area (Å²) in [6.45, 7) is 3.05. The van der Waals surface area contributed by atoms with Crippen molar-refractivity contribution >= 4 is 11.8 Å². The Morgan fingerprint density at radius 3 is 2.90 bits per heavy atom. The maximum Gasteiger partial charge on any atom is 0.232 e. The van der Waals surface area contributed by atoms with Crippen molar-refractivity contribution in [1.29, 1.82) is 0 Å². The van der Waals surface area contributed by atoms with Crippen molar-refractivity contribution in [2.24, 2.45) is 0 Å². The summed E-state index contributed by atoms with van der Waals surface area (Å²) in [6, 6.07) is 6.80. The monoisotopic (exact) mass is 307 g/mol. The lowest BCUT2D eigenvalue weighted by atomic mass is 10.0. The molecule has 1 aliphatic heterocycles. The van der Waals surface area contributed by atoms with E-state index in [-0.39, 0.29) is 11.7 Å². The summed E-state index contributed by atoms with van der Waals surface area (Å²) in [5.41, 5.74) is 0.979. The fourth-order valence-electron chi connectivity index (χ4n) is 2.54. The minimum atomic E-state index is -0.232. The molecule has 4 nitrogen and oxygen atoms in total. The van der Waals surface area contributed by atoms with E-state index in [1.807, 2.05) is 11.8 Å². The minimum absolute atomic E-state index is 0.232. The molecule has 0 spiro atoms. The van der Waals surface area contributed by atoms with E-state index in [0.717, 1.165) is 23.6 Å². The first-order valence-corrected chi connectivity index (χ1v) is 8.29. The largest absolute Gasteiger partial charge is 0.339 e. The predicted octanol–water partition coefficient (Wildman–Crippen LogP) is 2.61. The fraction of sp³-hybridized carbons (Fsp3) is 0.467. The van der Waals surface area contributed by atoms with Crippen LogP contribution in [-0.2, 0) is 6.42 Å². The molecule has 0 amide bonds. The standard InChI is InChI=1S/C15H18FN3OS/c1-2-17-13-9-21-8-12(13)15-18-14(19-20-15)7-10-3-5-11(16)6-4-10/h3-6,12-13,17H,2,7-9H2,1H3. The van der Waals surface area contributed by atoms with Gasteiger partial charge in [0.05, 0.1) is 5.92 Å². The van der Waals surface area contributed by atoms with Gasteiger partial charge in [-0.1, -0.05) is 24.2 Å². The molecule has 0 radical (unpaired) electrons. The highest BCUT2D eigenvalue weighted by atomic mass is 32.2. The molecular weight excluding hydrogens is 289 g/mol. The van der Waals surface area contributed by atoms with Crippen LogP contribution in [0.3, 0.4) is 0 Å². The number of hydrogen-bond donors (Lipinski definition) is 1. The van der Waals surface area contributed by atoms with Crippen molar-refractivity contribution in [2.75, 3.05) is 18.1 Å². The summed E-state index contributed by atoms with van der Waals surface area (Å²) in [5, 5.41) is 7.52. The number of halogens is 1. The van der Waals surface area contributed by atoms with Crippen molar-refractivity contribution in [3.05, 3.63) is 47.4 Å². The third kappa shape index (κ3) is 3.44. The Bertz CT molecular complexity index is 587. The topological polar surface area (TPSA) is 51.0 Å². The number of hydrogen-bond acceptors (Lipinski definition) is 5. The fourth-order valence-corrected chi connectivity index (χ4v) is 3.90. The average molecular weight is 307 g/mol. The normalized spacial score (nSPS) is 21.8. The Morgan fingerprint density at radius 1 is 1.33 bits per heavy atom. The maximum atomic E-state index is 12.9. The Hall–Kier alpha value is -1.40. The third-order valence-corrected chi connectivity index (χ3v) is 4.81. The molecule has 3 rings (SSSR count). The van der Waals surface area contributed by atoms with E-state index in [0.29, 0.717) is 24.2 Å². The number of likely N-dealkylation sites (N-methyl/N-ethyl adjacent to an activating group) is 1. The summed E-state index contributed by atoms with van der Waals surface area (Å²) in [4.78, 5) is 4.52. The molecule has 2 heterocycles. The molecule has 21 heavy (non-hydrogen) atoms. The van der Waals surface area contributed by atoms with E-state index in [4.69, 9.17) is 4.52 Å². The average Bonchev–Trinajstić information content (AvgIpc) is 3.11. The number of thioether (sulfide) groups is 1. The Labute approximate surface area is 127 Å². The van der Waals surface area contributed by atoms with Gasteiger partial charge in [0.25, 0.3) is 0 Å². The van der Waals surface area contributed by atoms with Crippen LogP contribution in [0.5, 0.6) is 0 Å². The molecule has 1 saturated heterocycles. The molecule has 1 N–H and O–H groups in total. The van der Waals surface area contributed by atoms with Crippen molar-refractivity contribution < 1.29 is 8.91 Å². The molecule has 2 unspecified atom stereocenters. The molecule has 1 aliphatic rings. The van der Waals surface area contributed by atoms with Gasteiger partial charge >= 0.3 is 0 Å². The SMILES string of the molecule is CCNC1CSCC1c1nc(Cc2ccc(F)cc2)no1. The van der Waals surface area contributed by atoms with Crippen LogP contribution < -0.4 is 5.32 Å². The Kier molecular flexibility index (Phi) is 4.55. The van der Waals surface area contributed by atoms with Crippen LogP contribution in [0.2, 0.25) is 0 Å². The Balaban J connectivity index is 1.69. The summed E-state index contributed by atoms with van der Waals surface area (Å²) in [7, 11) is 0. The van der Waals surface area contributed by atoms with E-state index >= 15 is 0 Å². The number of benzene rings is 1. The Morgan fingerprint density at radius 2 is 2.14 bits per heavy atom. The molecule has 0 bridgehead atoms. The molecular formula is C15H18FN3OS. The summed E-state index contributed by atoms with van der Waals surface area (Å²) in [6.07, 6.45) is 0.565. The smallest absolute Gasteiger partial charge is 0.232 e. The summed E-state index contributed by atoms with van der Waals surface area (Å²) in [5.74, 6) is 3.50. The summed E-state index contributed by atoms with van der Waals surface area (Å²) >= 11 is 1.91. The van der Waals surface area contributed by atoms with Crippen molar-refractivity contribution in [1.82, 2.24) is 15.5 Å². The van der Waals surface area contributed by atoms with Gasteiger partial charge in [-0.25, -0.2) is 4.39 Å². The molecule has 0 aliphatic carbocycles. The number of rotatable bonds is 5. The van der Waals surface area contributed by atoms with E-state index in [2.05, 4.69) is 22.4 Å². The first-order chi connectivity index (χ1) is 10.3. The number of nitrogens with one attached hydrogen (secondary N) is 1. The van der Waals surface area contributed by atoms with Gasteiger partial charge < -0.3 is 9.84 Å². The van der Waals surface area contributed by atoms with E-state index in [9.17, 15) is 4.39 Å². The lowest BCUT2D eigenvalue weighted by Gasteiger charge is -2.15. The number of nitrogens with zero attached hydrogens (tertiary/aromatic N) is 2. The third-order valence-electron chi connectivity index (χ3n) is 3.62. The van der Waals surface area contributed by atoms with Gasteiger partial charge in [0.2, 0.25) is 5.89 Å². The molecule has 1 aromatic carbocycles. The molecule has 2 aromatic rings. The van der Waals surface area contributed by atoms with E-state index in [1.54, 1.807) is 12.1 Å². The second-order valence-electron chi connectivity index (χ2n) is 5.16. The number of aromatic nitrogens is 2. The van der Waals surface area contributed by atoms with Crippen LogP contribution in [0.1, 0.15) is 30.1 Å². The van der Waals surface area contributed by atoms with Gasteiger partial charge in [0.1, 0.15) is 5.82 Å². The highest BCUT2D eigenvalue weighted by Gasteiger charge is 2.32. The van der Waals surface area contributed by atoms with Crippen molar-refractivity contribution in [3.63, 3.8) is 0 Å². The predicted molar refractivity (Wildman–Crippen MR) is 81.0 cm³/mol. The van der Waals surface area contributed by atoms with Crippen LogP contribution in [0.25, 0.3) is 0 Å². The highest BCUT2D eigenvalue weighted by molar-refractivity contribution is 7.99. The zero-order valence-corrected chi connectivity index (χ0v) is 12.7. The van der Waals surface area contributed by atoms with E-state index in [1.165, 1.54) is 12.1 Å². The zero-order valence-electron chi connectivity index (χ0n) is 11.9. The second-order valence-corrected chi connectivity index (χ2v) is 6.24. The van der Waals surface area contributed by atoms with Crippen molar-refractivity contribution in [2.45, 2.75) is 25.3 Å². The quantitative estimate of drug-likeness (QED) is 0.920. The van der Waals surface area contributed by atoms with Gasteiger partial charge in [0.15, 0.2) is 5.82 Å². The van der Waals surface area contributed by atoms with Crippen LogP contribution in [0.15, 0.2) is 28.8 Å². The van der Waals surface area contributed by atoms with Gasteiger partial charge in [-0.05, 0) is 24.2 Å². The van der Waals surface area contributed by atoms with Crippen molar-refractivity contribution in [3.8, 4) is 0 Å². The summed E-state index contributed by atoms with van der Waals surface area (Å²) < 4.78 is 18.3. The molecule has 2 atom stereocenters. The first kappa shape index (κ1) is 14.5. The molecule has 1 fully saturated rings. The van der Waals surface area contributed by atoms with Crippen LogP contribution in [-0.4, -0.2) is 34.2 Å². The molecule has 0 saturated carbocycles. The van der Waals surface area contributed by atoms with Crippen LogP contribution in [0, 0.1) is 5.82 Å². The lowest BCUT2D eigenvalue weighted by Crippen LogP contribution is -2.34. The van der Waals surface area contributed by atoms with Gasteiger partial charge in [0, 0.05) is 24.0 Å².